The molecule has 0 bridgehead atoms. The number of nitrogens with two attached hydrogens (primary N) is 1. The third-order valence-electron chi connectivity index (χ3n) is 2.03. The molecule has 84 valence electrons. The summed E-state index contributed by atoms with van der Waals surface area (Å²) in [7, 11) is 0. The average Bonchev–Trinajstić information content (AvgIpc) is 2.60. The zero-order valence-electron chi connectivity index (χ0n) is 8.82. The zero-order valence-corrected chi connectivity index (χ0v) is 9.64. The minimum atomic E-state index is -0.504. The Morgan fingerprint density at radius 2 is 2.12 bits per heavy atom. The quantitative estimate of drug-likeness (QED) is 0.818. The van der Waals surface area contributed by atoms with Crippen LogP contribution in [0.25, 0.3) is 0 Å². The molecule has 0 atom stereocenters. The van der Waals surface area contributed by atoms with Gasteiger partial charge in [0, 0.05) is 23.3 Å². The van der Waals surface area contributed by atoms with Crippen molar-refractivity contribution in [2.75, 3.05) is 5.73 Å². The van der Waals surface area contributed by atoms with Gasteiger partial charge in [-0.25, -0.2) is 4.39 Å². The van der Waals surface area contributed by atoms with Gasteiger partial charge in [-0.1, -0.05) is 0 Å². The van der Waals surface area contributed by atoms with Gasteiger partial charge >= 0.3 is 0 Å². The van der Waals surface area contributed by atoms with E-state index in [1.54, 1.807) is 19.9 Å². The van der Waals surface area contributed by atoms with Crippen LogP contribution in [0.1, 0.15) is 11.4 Å². The molecule has 2 rings (SSSR count). The lowest BCUT2D eigenvalue weighted by Gasteiger charge is -2.06. The number of anilines is 1. The van der Waals surface area contributed by atoms with Gasteiger partial charge in [0.1, 0.15) is 5.82 Å². The standard InChI is InChI=1S/C10H10FN3OS/c1-5-3-9(7(11)4-8(5)12)15-10-13-6(2)14-16-10/h3-4H,12H2,1-2H3. The second kappa shape index (κ2) is 4.05. The summed E-state index contributed by atoms with van der Waals surface area (Å²) < 4.78 is 22.7. The second-order valence-electron chi connectivity index (χ2n) is 3.35. The maximum atomic E-state index is 13.5. The van der Waals surface area contributed by atoms with Gasteiger partial charge in [-0.2, -0.15) is 9.36 Å². The van der Waals surface area contributed by atoms with Crippen LogP contribution in [0, 0.1) is 19.7 Å². The van der Waals surface area contributed by atoms with Gasteiger partial charge in [0.05, 0.1) is 0 Å². The molecule has 0 aliphatic carbocycles. The van der Waals surface area contributed by atoms with E-state index in [1.165, 1.54) is 6.07 Å². The van der Waals surface area contributed by atoms with E-state index in [2.05, 4.69) is 9.36 Å². The van der Waals surface area contributed by atoms with E-state index in [-0.39, 0.29) is 5.75 Å². The predicted octanol–water partition coefficient (Wildman–Crippen LogP) is 2.67. The monoisotopic (exact) mass is 239 g/mol. The Labute approximate surface area is 96.1 Å². The van der Waals surface area contributed by atoms with Crippen LogP contribution in [-0.2, 0) is 0 Å². The van der Waals surface area contributed by atoms with Crippen molar-refractivity contribution >= 4 is 17.2 Å². The van der Waals surface area contributed by atoms with Gasteiger partial charge in [0.2, 0.25) is 0 Å². The minimum absolute atomic E-state index is 0.114. The highest BCUT2D eigenvalue weighted by Crippen LogP contribution is 2.28. The third-order valence-corrected chi connectivity index (χ3v) is 2.71. The lowest BCUT2D eigenvalue weighted by molar-refractivity contribution is 0.439. The van der Waals surface area contributed by atoms with Crippen molar-refractivity contribution in [2.45, 2.75) is 13.8 Å². The molecule has 6 heteroatoms. The number of rotatable bonds is 2. The largest absolute Gasteiger partial charge is 0.427 e. The summed E-state index contributed by atoms with van der Waals surface area (Å²) in [6.07, 6.45) is 0. The molecule has 4 nitrogen and oxygen atoms in total. The highest BCUT2D eigenvalue weighted by molar-refractivity contribution is 7.07. The SMILES string of the molecule is Cc1nsc(Oc2cc(C)c(N)cc2F)n1. The first kappa shape index (κ1) is 10.8. The normalized spacial score (nSPS) is 10.4. The van der Waals surface area contributed by atoms with Crippen LogP contribution in [0.5, 0.6) is 10.9 Å². The second-order valence-corrected chi connectivity index (χ2v) is 4.06. The van der Waals surface area contributed by atoms with Gasteiger partial charge in [-0.3, -0.25) is 0 Å². The Morgan fingerprint density at radius 1 is 1.38 bits per heavy atom. The third kappa shape index (κ3) is 2.11. The molecule has 0 fully saturated rings. The Kier molecular flexibility index (Phi) is 2.74. The molecule has 2 aromatic rings. The van der Waals surface area contributed by atoms with E-state index in [4.69, 9.17) is 10.5 Å². The van der Waals surface area contributed by atoms with Crippen LogP contribution in [0.2, 0.25) is 0 Å². The molecule has 1 aromatic carbocycles. The summed E-state index contributed by atoms with van der Waals surface area (Å²) >= 11 is 1.08. The first-order chi connectivity index (χ1) is 7.56. The summed E-state index contributed by atoms with van der Waals surface area (Å²) in [4.78, 5) is 3.99. The van der Waals surface area contributed by atoms with E-state index in [0.29, 0.717) is 16.7 Å². The van der Waals surface area contributed by atoms with Crippen molar-refractivity contribution in [1.29, 1.82) is 0 Å². The molecule has 0 saturated carbocycles. The van der Waals surface area contributed by atoms with Gasteiger partial charge in [-0.05, 0) is 25.5 Å². The number of hydrogen-bond donors (Lipinski definition) is 1. The summed E-state index contributed by atoms with van der Waals surface area (Å²) in [6.45, 7) is 3.53. The Bertz CT molecular complexity index is 527. The van der Waals surface area contributed by atoms with Crippen molar-refractivity contribution in [3.05, 3.63) is 29.3 Å². The average molecular weight is 239 g/mol. The summed E-state index contributed by atoms with van der Waals surface area (Å²) in [5, 5.41) is 0.320. The number of halogens is 1. The number of hydrogen-bond acceptors (Lipinski definition) is 5. The van der Waals surface area contributed by atoms with E-state index in [1.807, 2.05) is 0 Å². The molecule has 16 heavy (non-hydrogen) atoms. The molecule has 0 aliphatic heterocycles. The lowest BCUT2D eigenvalue weighted by Crippen LogP contribution is -1.94. The van der Waals surface area contributed by atoms with E-state index < -0.39 is 5.82 Å². The highest BCUT2D eigenvalue weighted by atomic mass is 32.1. The molecular weight excluding hydrogens is 229 g/mol. The van der Waals surface area contributed by atoms with Gasteiger partial charge in [0.25, 0.3) is 5.19 Å². The van der Waals surface area contributed by atoms with Crippen LogP contribution in [0.4, 0.5) is 10.1 Å². The van der Waals surface area contributed by atoms with Crippen LogP contribution in [0.15, 0.2) is 12.1 Å². The molecule has 2 N–H and O–H groups in total. The lowest BCUT2D eigenvalue weighted by atomic mass is 10.2. The predicted molar refractivity (Wildman–Crippen MR) is 60.3 cm³/mol. The fourth-order valence-corrected chi connectivity index (χ4v) is 1.71. The number of benzene rings is 1. The van der Waals surface area contributed by atoms with Gasteiger partial charge in [0.15, 0.2) is 11.6 Å². The molecule has 0 aliphatic rings. The van der Waals surface area contributed by atoms with Crippen molar-refractivity contribution in [1.82, 2.24) is 9.36 Å². The Balaban J connectivity index is 2.31. The molecule has 0 spiro atoms. The van der Waals surface area contributed by atoms with Crippen molar-refractivity contribution in [3.63, 3.8) is 0 Å². The first-order valence-electron chi connectivity index (χ1n) is 4.60. The number of nitrogens with zero attached hydrogens (tertiary/aromatic N) is 2. The summed E-state index contributed by atoms with van der Waals surface area (Å²) in [5.41, 5.74) is 6.73. The maximum absolute atomic E-state index is 13.5. The van der Waals surface area contributed by atoms with Crippen LogP contribution in [0.3, 0.4) is 0 Å². The Hall–Kier alpha value is -1.69. The number of aryl methyl sites for hydroxylation is 2. The van der Waals surface area contributed by atoms with Crippen LogP contribution in [-0.4, -0.2) is 9.36 Å². The van der Waals surface area contributed by atoms with Gasteiger partial charge in [-0.15, -0.1) is 0 Å². The number of ether oxygens (including phenoxy) is 1. The molecule has 1 aromatic heterocycles. The van der Waals surface area contributed by atoms with Crippen LogP contribution < -0.4 is 10.5 Å². The van der Waals surface area contributed by atoms with Gasteiger partial charge < -0.3 is 10.5 Å². The number of aromatic nitrogens is 2. The summed E-state index contributed by atoms with van der Waals surface area (Å²) in [5.74, 6) is 0.214. The van der Waals surface area contributed by atoms with Crippen molar-refractivity contribution in [3.8, 4) is 10.9 Å². The van der Waals surface area contributed by atoms with E-state index >= 15 is 0 Å². The first-order valence-corrected chi connectivity index (χ1v) is 5.37. The van der Waals surface area contributed by atoms with Crippen molar-refractivity contribution < 1.29 is 9.13 Å². The fraction of sp³-hybridized carbons (Fsp3) is 0.200. The Morgan fingerprint density at radius 3 is 2.75 bits per heavy atom. The topological polar surface area (TPSA) is 61.0 Å². The van der Waals surface area contributed by atoms with E-state index in [0.717, 1.165) is 17.1 Å². The van der Waals surface area contributed by atoms with Crippen molar-refractivity contribution in [2.24, 2.45) is 0 Å². The van der Waals surface area contributed by atoms with Crippen LogP contribution >= 0.6 is 11.5 Å². The molecule has 0 unspecified atom stereocenters. The molecule has 0 saturated heterocycles. The molecule has 1 heterocycles. The zero-order chi connectivity index (χ0) is 11.7. The maximum Gasteiger partial charge on any atom is 0.298 e. The highest BCUT2D eigenvalue weighted by Gasteiger charge is 2.10. The van der Waals surface area contributed by atoms with E-state index in [9.17, 15) is 4.39 Å². The molecule has 0 radical (unpaired) electrons. The summed E-state index contributed by atoms with van der Waals surface area (Å²) in [6, 6.07) is 2.78. The fourth-order valence-electron chi connectivity index (χ4n) is 1.16. The minimum Gasteiger partial charge on any atom is -0.427 e. The smallest absolute Gasteiger partial charge is 0.298 e. The molecule has 0 amide bonds. The molecular formula is C10H10FN3OS. The number of nitrogen functional groups attached to an aromatic ring is 1.